The number of hydrogen-bond donors (Lipinski definition) is 2. The quantitative estimate of drug-likeness (QED) is 0.593. The maximum Gasteiger partial charge on any atom is 0.323 e. The third kappa shape index (κ3) is 1.52. The van der Waals surface area contributed by atoms with Gasteiger partial charge < -0.3 is 15.6 Å². The summed E-state index contributed by atoms with van der Waals surface area (Å²) >= 11 is 0. The molecule has 4 nitrogen and oxygen atoms in total. The van der Waals surface area contributed by atoms with Gasteiger partial charge in [-0.3, -0.25) is 4.79 Å². The number of aliphatic carboxylic acids is 1. The Bertz CT molecular complexity index is 171. The maximum atomic E-state index is 10.6. The van der Waals surface area contributed by atoms with E-state index in [4.69, 9.17) is 15.6 Å². The minimum Gasteiger partial charge on any atom is -0.480 e. The van der Waals surface area contributed by atoms with E-state index < -0.39 is 11.5 Å². The Morgan fingerprint density at radius 3 is 2.73 bits per heavy atom. The van der Waals surface area contributed by atoms with Crippen LogP contribution in [-0.2, 0) is 9.53 Å². The van der Waals surface area contributed by atoms with Gasteiger partial charge in [-0.2, -0.15) is 0 Å². The maximum absolute atomic E-state index is 10.6. The third-order valence-corrected chi connectivity index (χ3v) is 2.26. The van der Waals surface area contributed by atoms with Crippen LogP contribution in [0, 0.1) is 0 Å². The zero-order chi connectivity index (χ0) is 8.48. The highest BCUT2D eigenvalue weighted by atomic mass is 16.5. The highest BCUT2D eigenvalue weighted by Crippen LogP contribution is 2.29. The predicted molar refractivity (Wildman–Crippen MR) is 39.2 cm³/mol. The van der Waals surface area contributed by atoms with Crippen molar-refractivity contribution in [2.45, 2.75) is 30.9 Å². The fraction of sp³-hybridized carbons (Fsp3) is 0.857. The molecule has 1 rings (SSSR count). The van der Waals surface area contributed by atoms with Crippen LogP contribution in [0.5, 0.6) is 0 Å². The van der Waals surface area contributed by atoms with Gasteiger partial charge in [0.1, 0.15) is 5.54 Å². The molecule has 0 radical (unpaired) electrons. The average Bonchev–Trinajstić information content (AvgIpc) is 2.33. The molecule has 0 aromatic heterocycles. The fourth-order valence-electron chi connectivity index (χ4n) is 1.42. The van der Waals surface area contributed by atoms with Crippen LogP contribution in [-0.4, -0.2) is 29.8 Å². The first-order valence-electron chi connectivity index (χ1n) is 3.63. The SMILES string of the molecule is CO[C@H]1CC[C@@](N)(C(=O)O)C1. The molecule has 2 atom stereocenters. The van der Waals surface area contributed by atoms with Crippen molar-refractivity contribution in [1.82, 2.24) is 0 Å². The summed E-state index contributed by atoms with van der Waals surface area (Å²) in [6.07, 6.45) is 1.72. The van der Waals surface area contributed by atoms with Crippen LogP contribution in [0.2, 0.25) is 0 Å². The summed E-state index contributed by atoms with van der Waals surface area (Å²) in [4.78, 5) is 10.6. The molecule has 4 heteroatoms. The zero-order valence-electron chi connectivity index (χ0n) is 6.54. The predicted octanol–water partition coefficient (Wildman–Crippen LogP) is -0.0326. The van der Waals surface area contributed by atoms with Crippen LogP contribution in [0.25, 0.3) is 0 Å². The number of rotatable bonds is 2. The lowest BCUT2D eigenvalue weighted by atomic mass is 10.00. The third-order valence-electron chi connectivity index (χ3n) is 2.26. The fourth-order valence-corrected chi connectivity index (χ4v) is 1.42. The second kappa shape index (κ2) is 2.79. The molecule has 0 heterocycles. The molecule has 1 aliphatic carbocycles. The Morgan fingerprint density at radius 2 is 2.45 bits per heavy atom. The standard InChI is InChI=1S/C7H13NO3/c1-11-5-2-3-7(8,4-5)6(9)10/h5H,2-4,8H2,1H3,(H,9,10)/t5-,7-/m0/s1. The van der Waals surface area contributed by atoms with E-state index in [0.29, 0.717) is 12.8 Å². The van der Waals surface area contributed by atoms with Crippen LogP contribution in [0.15, 0.2) is 0 Å². The van der Waals surface area contributed by atoms with E-state index in [1.807, 2.05) is 0 Å². The number of ether oxygens (including phenoxy) is 1. The molecule has 0 amide bonds. The minimum absolute atomic E-state index is 0.0242. The van der Waals surface area contributed by atoms with Gasteiger partial charge in [0.15, 0.2) is 0 Å². The summed E-state index contributed by atoms with van der Waals surface area (Å²) in [5, 5.41) is 8.71. The molecule has 0 bridgehead atoms. The van der Waals surface area contributed by atoms with E-state index in [1.165, 1.54) is 0 Å². The molecule has 0 aromatic carbocycles. The lowest BCUT2D eigenvalue weighted by molar-refractivity contribution is -0.143. The van der Waals surface area contributed by atoms with Crippen LogP contribution in [0.1, 0.15) is 19.3 Å². The second-order valence-electron chi connectivity index (χ2n) is 3.06. The zero-order valence-corrected chi connectivity index (χ0v) is 6.54. The average molecular weight is 159 g/mol. The number of carboxylic acids is 1. The molecular formula is C7H13NO3. The van der Waals surface area contributed by atoms with E-state index in [0.717, 1.165) is 6.42 Å². The Balaban J connectivity index is 2.57. The lowest BCUT2D eigenvalue weighted by Crippen LogP contribution is -2.45. The largest absolute Gasteiger partial charge is 0.480 e. The molecule has 1 saturated carbocycles. The number of carbonyl (C=O) groups is 1. The minimum atomic E-state index is -1.04. The van der Waals surface area contributed by atoms with E-state index in [9.17, 15) is 4.79 Å². The molecule has 0 aliphatic heterocycles. The highest BCUT2D eigenvalue weighted by Gasteiger charge is 2.42. The Labute approximate surface area is 65.3 Å². The Hall–Kier alpha value is -0.610. The molecule has 0 unspecified atom stereocenters. The molecular weight excluding hydrogens is 146 g/mol. The van der Waals surface area contributed by atoms with Crippen molar-refractivity contribution in [1.29, 1.82) is 0 Å². The van der Waals surface area contributed by atoms with E-state index >= 15 is 0 Å². The highest BCUT2D eigenvalue weighted by molar-refractivity contribution is 5.78. The second-order valence-corrected chi connectivity index (χ2v) is 3.06. The van der Waals surface area contributed by atoms with E-state index in [1.54, 1.807) is 7.11 Å². The number of carboxylic acid groups (broad SMARTS) is 1. The van der Waals surface area contributed by atoms with Crippen molar-refractivity contribution in [3.05, 3.63) is 0 Å². The monoisotopic (exact) mass is 159 g/mol. The molecule has 1 fully saturated rings. The molecule has 0 aromatic rings. The van der Waals surface area contributed by atoms with Crippen molar-refractivity contribution in [3.63, 3.8) is 0 Å². The smallest absolute Gasteiger partial charge is 0.323 e. The summed E-state index contributed by atoms with van der Waals surface area (Å²) in [6, 6.07) is 0. The van der Waals surface area contributed by atoms with Crippen molar-refractivity contribution in [2.24, 2.45) is 5.73 Å². The molecule has 3 N–H and O–H groups in total. The van der Waals surface area contributed by atoms with Crippen LogP contribution in [0.3, 0.4) is 0 Å². The summed E-state index contributed by atoms with van der Waals surface area (Å²) in [6.45, 7) is 0. The van der Waals surface area contributed by atoms with Crippen LogP contribution < -0.4 is 5.73 Å². The first-order chi connectivity index (χ1) is 5.08. The first-order valence-corrected chi connectivity index (χ1v) is 3.63. The molecule has 0 saturated heterocycles. The molecule has 0 spiro atoms. The van der Waals surface area contributed by atoms with Crippen molar-refractivity contribution >= 4 is 5.97 Å². The van der Waals surface area contributed by atoms with Crippen molar-refractivity contribution < 1.29 is 14.6 Å². The van der Waals surface area contributed by atoms with Gasteiger partial charge in [0.25, 0.3) is 0 Å². The molecule has 64 valence electrons. The summed E-state index contributed by atoms with van der Waals surface area (Å²) in [5.41, 5.74) is 4.55. The van der Waals surface area contributed by atoms with Gasteiger partial charge in [-0.25, -0.2) is 0 Å². The first kappa shape index (κ1) is 8.49. The lowest BCUT2D eigenvalue weighted by Gasteiger charge is -2.17. The molecule has 11 heavy (non-hydrogen) atoms. The van der Waals surface area contributed by atoms with Gasteiger partial charge in [0, 0.05) is 13.5 Å². The summed E-state index contributed by atoms with van der Waals surface area (Å²) < 4.78 is 5.01. The molecule has 1 aliphatic rings. The summed E-state index contributed by atoms with van der Waals surface area (Å²) in [7, 11) is 1.58. The van der Waals surface area contributed by atoms with Crippen molar-refractivity contribution in [3.8, 4) is 0 Å². The number of nitrogens with two attached hydrogens (primary N) is 1. The van der Waals surface area contributed by atoms with Gasteiger partial charge in [0.05, 0.1) is 6.10 Å². The topological polar surface area (TPSA) is 72.5 Å². The van der Waals surface area contributed by atoms with Gasteiger partial charge in [-0.1, -0.05) is 0 Å². The van der Waals surface area contributed by atoms with E-state index in [2.05, 4.69) is 0 Å². The normalized spacial score (nSPS) is 37.5. The number of methoxy groups -OCH3 is 1. The summed E-state index contributed by atoms with van der Waals surface area (Å²) in [5.74, 6) is -0.919. The van der Waals surface area contributed by atoms with Crippen molar-refractivity contribution in [2.75, 3.05) is 7.11 Å². The van der Waals surface area contributed by atoms with Gasteiger partial charge in [-0.05, 0) is 12.8 Å². The van der Waals surface area contributed by atoms with E-state index in [-0.39, 0.29) is 6.10 Å². The van der Waals surface area contributed by atoms with Gasteiger partial charge in [-0.15, -0.1) is 0 Å². The van der Waals surface area contributed by atoms with Crippen LogP contribution in [0.4, 0.5) is 0 Å². The Morgan fingerprint density at radius 1 is 1.82 bits per heavy atom. The van der Waals surface area contributed by atoms with Gasteiger partial charge >= 0.3 is 5.97 Å². The number of hydrogen-bond acceptors (Lipinski definition) is 3. The van der Waals surface area contributed by atoms with Gasteiger partial charge in [0.2, 0.25) is 0 Å². The van der Waals surface area contributed by atoms with Crippen LogP contribution >= 0.6 is 0 Å². The Kier molecular flexibility index (Phi) is 2.15.